The molecule has 0 radical (unpaired) electrons. The lowest BCUT2D eigenvalue weighted by Crippen LogP contribution is -2.37. The Balaban J connectivity index is 1.44. The lowest BCUT2D eigenvalue weighted by Gasteiger charge is -2.27. The smallest absolute Gasteiger partial charge is 0.228 e. The summed E-state index contributed by atoms with van der Waals surface area (Å²) in [6, 6.07) is 19.7. The van der Waals surface area contributed by atoms with Gasteiger partial charge in [0.15, 0.2) is 0 Å². The zero-order valence-corrected chi connectivity index (χ0v) is 18.2. The van der Waals surface area contributed by atoms with Crippen LogP contribution in [0.3, 0.4) is 0 Å². The van der Waals surface area contributed by atoms with Gasteiger partial charge in [0.1, 0.15) is 17.3 Å². The van der Waals surface area contributed by atoms with E-state index in [0.29, 0.717) is 24.1 Å². The first kappa shape index (κ1) is 20.8. The number of ether oxygens (including phenoxy) is 1. The number of amides is 1. The number of para-hydroxylation sites is 1. The summed E-state index contributed by atoms with van der Waals surface area (Å²) in [6.45, 7) is 6.34. The van der Waals surface area contributed by atoms with Crippen molar-refractivity contribution in [2.75, 3.05) is 10.2 Å². The molecule has 4 rings (SSSR count). The van der Waals surface area contributed by atoms with E-state index >= 15 is 0 Å². The first-order chi connectivity index (χ1) is 15.0. The molecule has 2 atom stereocenters. The number of hydrogen-bond acceptors (Lipinski definition) is 5. The van der Waals surface area contributed by atoms with Crippen LogP contribution in [-0.4, -0.2) is 21.9 Å². The Morgan fingerprint density at radius 3 is 2.42 bits per heavy atom. The number of benzene rings is 2. The van der Waals surface area contributed by atoms with Crippen LogP contribution in [0.2, 0.25) is 0 Å². The van der Waals surface area contributed by atoms with Gasteiger partial charge in [-0.25, -0.2) is 4.98 Å². The Labute approximate surface area is 183 Å². The van der Waals surface area contributed by atoms with Gasteiger partial charge in [-0.1, -0.05) is 44.2 Å². The van der Waals surface area contributed by atoms with Crippen molar-refractivity contribution in [2.45, 2.75) is 45.7 Å². The lowest BCUT2D eigenvalue weighted by molar-refractivity contribution is -0.117. The number of aromatic nitrogens is 2. The minimum absolute atomic E-state index is 0.00352. The normalized spacial score (nSPS) is 17.1. The molecule has 0 spiro atoms. The molecule has 1 aliphatic heterocycles. The number of carbonyl (C=O) groups is 1. The van der Waals surface area contributed by atoms with Crippen molar-refractivity contribution in [1.82, 2.24) is 9.97 Å². The van der Waals surface area contributed by atoms with Crippen LogP contribution in [-0.2, 0) is 4.79 Å². The van der Waals surface area contributed by atoms with Crippen molar-refractivity contribution in [3.05, 3.63) is 72.4 Å². The second kappa shape index (κ2) is 9.16. The highest BCUT2D eigenvalue weighted by atomic mass is 16.5. The van der Waals surface area contributed by atoms with Crippen LogP contribution in [0.4, 0.5) is 11.8 Å². The summed E-state index contributed by atoms with van der Waals surface area (Å²) >= 11 is 0. The minimum Gasteiger partial charge on any atom is -0.457 e. The van der Waals surface area contributed by atoms with E-state index in [1.807, 2.05) is 65.6 Å². The molecule has 0 bridgehead atoms. The first-order valence-corrected chi connectivity index (χ1v) is 10.8. The quantitative estimate of drug-likeness (QED) is 0.543. The average Bonchev–Trinajstić information content (AvgIpc) is 3.17. The molecule has 2 aromatic carbocycles. The van der Waals surface area contributed by atoms with Crippen LogP contribution in [0.15, 0.2) is 66.9 Å². The standard InChI is InChI=1S/C25H28N4O2/c1-17(2)22-13-14-24(30)29(22)23-15-16-26-25(28-23)27-18(3)19-9-11-21(12-10-19)31-20-7-5-4-6-8-20/h4-12,15-18,22H,13-14H2,1-3H3,(H,26,27,28)/t18?,22-/m1/s1. The van der Waals surface area contributed by atoms with E-state index in [0.717, 1.165) is 23.5 Å². The SMILES string of the molecule is CC(Nc1nccc(N2C(=O)CC[C@@H]2C(C)C)n1)c1ccc(Oc2ccccc2)cc1. The summed E-state index contributed by atoms with van der Waals surface area (Å²) in [5.41, 5.74) is 1.09. The van der Waals surface area contributed by atoms with Gasteiger partial charge in [0.2, 0.25) is 11.9 Å². The van der Waals surface area contributed by atoms with Gasteiger partial charge < -0.3 is 10.1 Å². The Hall–Kier alpha value is -3.41. The Morgan fingerprint density at radius 2 is 1.71 bits per heavy atom. The fraction of sp³-hybridized carbons (Fsp3) is 0.320. The highest BCUT2D eigenvalue weighted by molar-refractivity contribution is 5.95. The number of nitrogens with one attached hydrogen (secondary N) is 1. The van der Waals surface area contributed by atoms with E-state index in [1.165, 1.54) is 0 Å². The molecule has 1 aliphatic rings. The van der Waals surface area contributed by atoms with E-state index in [-0.39, 0.29) is 18.0 Å². The molecule has 160 valence electrons. The van der Waals surface area contributed by atoms with Crippen LogP contribution in [0.1, 0.15) is 45.2 Å². The van der Waals surface area contributed by atoms with E-state index in [9.17, 15) is 4.79 Å². The lowest BCUT2D eigenvalue weighted by atomic mass is 10.0. The number of rotatable bonds is 7. The summed E-state index contributed by atoms with van der Waals surface area (Å²) in [5, 5.41) is 3.35. The van der Waals surface area contributed by atoms with Crippen LogP contribution in [0.5, 0.6) is 11.5 Å². The number of hydrogen-bond donors (Lipinski definition) is 1. The van der Waals surface area contributed by atoms with Gasteiger partial charge in [-0.15, -0.1) is 0 Å². The van der Waals surface area contributed by atoms with Gasteiger partial charge in [-0.05, 0) is 55.2 Å². The molecule has 6 nitrogen and oxygen atoms in total. The predicted molar refractivity (Wildman–Crippen MR) is 122 cm³/mol. The highest BCUT2D eigenvalue weighted by Crippen LogP contribution is 2.30. The maximum absolute atomic E-state index is 12.4. The monoisotopic (exact) mass is 416 g/mol. The second-order valence-electron chi connectivity index (χ2n) is 8.20. The largest absolute Gasteiger partial charge is 0.457 e. The van der Waals surface area contributed by atoms with E-state index in [2.05, 4.69) is 36.1 Å². The van der Waals surface area contributed by atoms with Crippen molar-refractivity contribution in [1.29, 1.82) is 0 Å². The van der Waals surface area contributed by atoms with Gasteiger partial charge >= 0.3 is 0 Å². The molecule has 0 aliphatic carbocycles. The molecule has 1 saturated heterocycles. The topological polar surface area (TPSA) is 67.4 Å². The molecule has 1 aromatic heterocycles. The summed E-state index contributed by atoms with van der Waals surface area (Å²) in [4.78, 5) is 23.3. The Morgan fingerprint density at radius 1 is 1.00 bits per heavy atom. The fourth-order valence-corrected chi connectivity index (χ4v) is 3.91. The summed E-state index contributed by atoms with van der Waals surface area (Å²) in [6.07, 6.45) is 3.15. The van der Waals surface area contributed by atoms with Crippen molar-refractivity contribution in [3.63, 3.8) is 0 Å². The average molecular weight is 417 g/mol. The van der Waals surface area contributed by atoms with Crippen molar-refractivity contribution in [2.24, 2.45) is 5.92 Å². The predicted octanol–water partition coefficient (Wildman–Crippen LogP) is 5.59. The first-order valence-electron chi connectivity index (χ1n) is 10.8. The summed E-state index contributed by atoms with van der Waals surface area (Å²) < 4.78 is 5.86. The maximum atomic E-state index is 12.4. The molecule has 1 unspecified atom stereocenters. The Kier molecular flexibility index (Phi) is 6.16. The Bertz CT molecular complexity index is 1020. The molecular weight excluding hydrogens is 388 g/mol. The maximum Gasteiger partial charge on any atom is 0.228 e. The van der Waals surface area contributed by atoms with E-state index < -0.39 is 0 Å². The molecule has 1 amide bonds. The van der Waals surface area contributed by atoms with Crippen molar-refractivity contribution >= 4 is 17.7 Å². The number of anilines is 2. The zero-order chi connectivity index (χ0) is 21.8. The summed E-state index contributed by atoms with van der Waals surface area (Å²) in [7, 11) is 0. The third-order valence-electron chi connectivity index (χ3n) is 5.62. The van der Waals surface area contributed by atoms with Gasteiger partial charge in [0.25, 0.3) is 0 Å². The molecular formula is C25H28N4O2. The highest BCUT2D eigenvalue weighted by Gasteiger charge is 2.35. The second-order valence-corrected chi connectivity index (χ2v) is 8.20. The van der Waals surface area contributed by atoms with Crippen LogP contribution in [0.25, 0.3) is 0 Å². The molecule has 0 saturated carbocycles. The molecule has 31 heavy (non-hydrogen) atoms. The van der Waals surface area contributed by atoms with Crippen LogP contribution in [0, 0.1) is 5.92 Å². The molecule has 6 heteroatoms. The van der Waals surface area contributed by atoms with Crippen molar-refractivity contribution in [3.8, 4) is 11.5 Å². The third-order valence-corrected chi connectivity index (χ3v) is 5.62. The molecule has 2 heterocycles. The number of nitrogens with zero attached hydrogens (tertiary/aromatic N) is 3. The van der Waals surface area contributed by atoms with Crippen LogP contribution >= 0.6 is 0 Å². The van der Waals surface area contributed by atoms with Crippen LogP contribution < -0.4 is 15.0 Å². The van der Waals surface area contributed by atoms with Gasteiger partial charge in [0.05, 0.1) is 6.04 Å². The van der Waals surface area contributed by atoms with Gasteiger partial charge in [0, 0.05) is 18.7 Å². The zero-order valence-electron chi connectivity index (χ0n) is 18.2. The fourth-order valence-electron chi connectivity index (χ4n) is 3.91. The molecule has 1 N–H and O–H groups in total. The molecule has 3 aromatic rings. The van der Waals surface area contributed by atoms with Crippen molar-refractivity contribution < 1.29 is 9.53 Å². The summed E-state index contributed by atoms with van der Waals surface area (Å²) in [5.74, 6) is 3.28. The van der Waals surface area contributed by atoms with Gasteiger partial charge in [-0.3, -0.25) is 9.69 Å². The molecule has 1 fully saturated rings. The number of carbonyl (C=O) groups excluding carboxylic acids is 1. The van der Waals surface area contributed by atoms with E-state index in [4.69, 9.17) is 4.74 Å². The van der Waals surface area contributed by atoms with Gasteiger partial charge in [-0.2, -0.15) is 4.98 Å². The third kappa shape index (κ3) is 4.85. The van der Waals surface area contributed by atoms with E-state index in [1.54, 1.807) is 6.20 Å². The minimum atomic E-state index is -0.00352.